The molecule has 0 radical (unpaired) electrons. The highest BCUT2D eigenvalue weighted by molar-refractivity contribution is 7.09. The largest absolute Gasteiger partial charge is 0.370 e. The van der Waals surface area contributed by atoms with Crippen LogP contribution in [0.5, 0.6) is 0 Å². The van der Waals surface area contributed by atoms with Crippen molar-refractivity contribution in [2.24, 2.45) is 16.6 Å². The molecular weight excluding hydrogens is 244 g/mol. The minimum Gasteiger partial charge on any atom is -0.370 e. The molecule has 0 spiro atoms. The molecule has 2 aliphatic carbocycles. The van der Waals surface area contributed by atoms with Gasteiger partial charge in [-0.1, -0.05) is 6.42 Å². The molecule has 2 fully saturated rings. The van der Waals surface area contributed by atoms with Crippen LogP contribution in [0.4, 0.5) is 0 Å². The minimum absolute atomic E-state index is 0.560. The van der Waals surface area contributed by atoms with E-state index in [0.29, 0.717) is 12.5 Å². The van der Waals surface area contributed by atoms with E-state index in [2.05, 4.69) is 20.7 Å². The van der Waals surface area contributed by atoms with Crippen molar-refractivity contribution in [1.82, 2.24) is 10.3 Å². The van der Waals surface area contributed by atoms with Crippen LogP contribution in [0, 0.1) is 5.92 Å². The molecule has 2 saturated carbocycles. The lowest BCUT2D eigenvalue weighted by atomic mass is 9.85. The van der Waals surface area contributed by atoms with Crippen LogP contribution in [-0.4, -0.2) is 17.5 Å². The SMILES string of the molecule is NC(=NCc1nc(C2CC2)cs1)NCC1CCC1. The van der Waals surface area contributed by atoms with E-state index in [1.807, 2.05) is 0 Å². The van der Waals surface area contributed by atoms with E-state index in [0.717, 1.165) is 23.4 Å². The molecule has 3 N–H and O–H groups in total. The number of guanidine groups is 1. The van der Waals surface area contributed by atoms with Crippen molar-refractivity contribution in [3.63, 3.8) is 0 Å². The average molecular weight is 264 g/mol. The Labute approximate surface area is 112 Å². The lowest BCUT2D eigenvalue weighted by molar-refractivity contribution is 0.315. The summed E-state index contributed by atoms with van der Waals surface area (Å²) in [6.07, 6.45) is 6.64. The monoisotopic (exact) mass is 264 g/mol. The fraction of sp³-hybridized carbons (Fsp3) is 0.692. The highest BCUT2D eigenvalue weighted by Gasteiger charge is 2.25. The quantitative estimate of drug-likeness (QED) is 0.633. The van der Waals surface area contributed by atoms with Gasteiger partial charge in [-0.2, -0.15) is 0 Å². The highest BCUT2D eigenvalue weighted by Crippen LogP contribution is 2.40. The number of hydrogen-bond acceptors (Lipinski definition) is 3. The zero-order valence-corrected chi connectivity index (χ0v) is 11.4. The number of nitrogens with one attached hydrogen (secondary N) is 1. The third-order valence-electron chi connectivity index (χ3n) is 3.75. The van der Waals surface area contributed by atoms with Crippen LogP contribution in [-0.2, 0) is 6.54 Å². The molecule has 0 atom stereocenters. The first kappa shape index (κ1) is 12.0. The smallest absolute Gasteiger partial charge is 0.189 e. The summed E-state index contributed by atoms with van der Waals surface area (Å²) in [7, 11) is 0. The Kier molecular flexibility index (Phi) is 3.50. The lowest BCUT2D eigenvalue weighted by Gasteiger charge is -2.25. The molecule has 0 saturated heterocycles. The summed E-state index contributed by atoms with van der Waals surface area (Å²) in [5.41, 5.74) is 7.10. The fourth-order valence-corrected chi connectivity index (χ4v) is 2.92. The van der Waals surface area contributed by atoms with Crippen molar-refractivity contribution in [2.75, 3.05) is 6.54 Å². The molecule has 0 amide bonds. The number of nitrogens with two attached hydrogens (primary N) is 1. The number of aromatic nitrogens is 1. The van der Waals surface area contributed by atoms with Gasteiger partial charge < -0.3 is 11.1 Å². The Morgan fingerprint density at radius 2 is 2.28 bits per heavy atom. The molecule has 4 nitrogen and oxygen atoms in total. The fourth-order valence-electron chi connectivity index (χ4n) is 2.12. The van der Waals surface area contributed by atoms with Crippen molar-refractivity contribution < 1.29 is 0 Å². The first-order valence-electron chi connectivity index (χ1n) is 6.79. The third-order valence-corrected chi connectivity index (χ3v) is 4.60. The molecule has 0 unspecified atom stereocenters. The highest BCUT2D eigenvalue weighted by atomic mass is 32.1. The van der Waals surface area contributed by atoms with Crippen LogP contribution in [0.2, 0.25) is 0 Å². The topological polar surface area (TPSA) is 63.3 Å². The third kappa shape index (κ3) is 3.02. The van der Waals surface area contributed by atoms with E-state index in [9.17, 15) is 0 Å². The summed E-state index contributed by atoms with van der Waals surface area (Å²) in [6.45, 7) is 1.58. The molecule has 1 aromatic heterocycles. The molecule has 3 rings (SSSR count). The summed E-state index contributed by atoms with van der Waals surface area (Å²) < 4.78 is 0. The average Bonchev–Trinajstić information content (AvgIpc) is 3.04. The Morgan fingerprint density at radius 1 is 1.44 bits per heavy atom. The standard InChI is InChI=1S/C13H20N4S/c14-13(15-6-9-2-1-3-9)16-7-12-17-11(8-18-12)10-4-5-10/h8-10H,1-7H2,(H3,14,15,16). The maximum absolute atomic E-state index is 5.84. The maximum Gasteiger partial charge on any atom is 0.189 e. The van der Waals surface area contributed by atoms with E-state index in [1.165, 1.54) is 37.8 Å². The Balaban J connectivity index is 1.45. The molecule has 1 aromatic rings. The van der Waals surface area contributed by atoms with E-state index in [1.54, 1.807) is 11.3 Å². The Bertz CT molecular complexity index is 432. The van der Waals surface area contributed by atoms with E-state index in [4.69, 9.17) is 5.73 Å². The number of nitrogens with zero attached hydrogens (tertiary/aromatic N) is 2. The van der Waals surface area contributed by atoms with Crippen LogP contribution >= 0.6 is 11.3 Å². The molecule has 5 heteroatoms. The summed E-state index contributed by atoms with van der Waals surface area (Å²) >= 11 is 1.70. The van der Waals surface area contributed by atoms with Gasteiger partial charge in [0.15, 0.2) is 5.96 Å². The van der Waals surface area contributed by atoms with Gasteiger partial charge >= 0.3 is 0 Å². The van der Waals surface area contributed by atoms with Gasteiger partial charge in [0.1, 0.15) is 5.01 Å². The zero-order chi connectivity index (χ0) is 12.4. The molecule has 0 aliphatic heterocycles. The van der Waals surface area contributed by atoms with E-state index in [-0.39, 0.29) is 0 Å². The van der Waals surface area contributed by atoms with Gasteiger partial charge in [-0.3, -0.25) is 0 Å². The van der Waals surface area contributed by atoms with E-state index < -0.39 is 0 Å². The Hall–Kier alpha value is -1.10. The van der Waals surface area contributed by atoms with Gasteiger partial charge in [0.2, 0.25) is 0 Å². The van der Waals surface area contributed by atoms with Crippen LogP contribution in [0.15, 0.2) is 10.4 Å². The number of rotatable bonds is 5. The molecule has 98 valence electrons. The second-order valence-electron chi connectivity index (χ2n) is 5.32. The normalized spacial score (nSPS) is 20.8. The molecule has 0 bridgehead atoms. The molecule has 0 aromatic carbocycles. The predicted molar refractivity (Wildman–Crippen MR) is 74.8 cm³/mol. The Morgan fingerprint density at radius 3 is 2.94 bits per heavy atom. The lowest BCUT2D eigenvalue weighted by Crippen LogP contribution is -2.37. The van der Waals surface area contributed by atoms with Crippen LogP contribution in [0.25, 0.3) is 0 Å². The molecule has 1 heterocycles. The van der Waals surface area contributed by atoms with Gasteiger partial charge in [0.25, 0.3) is 0 Å². The number of thiazole rings is 1. The summed E-state index contributed by atoms with van der Waals surface area (Å²) in [5.74, 6) is 2.10. The summed E-state index contributed by atoms with van der Waals surface area (Å²) in [4.78, 5) is 8.94. The van der Waals surface area contributed by atoms with Crippen molar-refractivity contribution in [1.29, 1.82) is 0 Å². The number of hydrogen-bond donors (Lipinski definition) is 2. The van der Waals surface area contributed by atoms with Gasteiger partial charge in [-0.25, -0.2) is 9.98 Å². The van der Waals surface area contributed by atoms with Crippen LogP contribution in [0.1, 0.15) is 48.7 Å². The van der Waals surface area contributed by atoms with E-state index >= 15 is 0 Å². The minimum atomic E-state index is 0.560. The van der Waals surface area contributed by atoms with Crippen molar-refractivity contribution >= 4 is 17.3 Å². The van der Waals surface area contributed by atoms with Gasteiger partial charge in [0.05, 0.1) is 12.2 Å². The van der Waals surface area contributed by atoms with Gasteiger partial charge in [-0.15, -0.1) is 11.3 Å². The second-order valence-corrected chi connectivity index (χ2v) is 6.26. The van der Waals surface area contributed by atoms with Crippen molar-refractivity contribution in [3.8, 4) is 0 Å². The molecule has 2 aliphatic rings. The summed E-state index contributed by atoms with van der Waals surface area (Å²) in [5, 5.41) is 6.44. The number of aliphatic imine (C=N–C) groups is 1. The zero-order valence-electron chi connectivity index (χ0n) is 10.6. The van der Waals surface area contributed by atoms with Crippen molar-refractivity contribution in [3.05, 3.63) is 16.1 Å². The molecular formula is C13H20N4S. The predicted octanol–water partition coefficient (Wildman–Crippen LogP) is 2.22. The van der Waals surface area contributed by atoms with Crippen molar-refractivity contribution in [2.45, 2.75) is 44.6 Å². The second kappa shape index (κ2) is 5.26. The maximum atomic E-state index is 5.84. The van der Waals surface area contributed by atoms with Crippen LogP contribution < -0.4 is 11.1 Å². The summed E-state index contributed by atoms with van der Waals surface area (Å²) in [6, 6.07) is 0. The first-order chi connectivity index (χ1) is 8.81. The van der Waals surface area contributed by atoms with Crippen LogP contribution in [0.3, 0.4) is 0 Å². The van der Waals surface area contributed by atoms with Gasteiger partial charge in [-0.05, 0) is 31.6 Å². The molecule has 18 heavy (non-hydrogen) atoms. The van der Waals surface area contributed by atoms with Gasteiger partial charge in [0, 0.05) is 17.8 Å². The first-order valence-corrected chi connectivity index (χ1v) is 7.67.